The Hall–Kier alpha value is -2.49. The predicted octanol–water partition coefficient (Wildman–Crippen LogP) is 0.740. The van der Waals surface area contributed by atoms with Gasteiger partial charge in [0.1, 0.15) is 18.5 Å². The van der Waals surface area contributed by atoms with Crippen LogP contribution in [0.15, 0.2) is 42.5 Å². The molecule has 2 aromatic rings. The largest absolute Gasteiger partial charge is 0.508 e. The molecule has 104 valence electrons. The Balaban J connectivity index is 1.79. The SMILES string of the molecule is Oc1ccc(CC=[NH+]CCc2ccc(O)c(O)c2)cc1. The zero-order valence-corrected chi connectivity index (χ0v) is 11.1. The summed E-state index contributed by atoms with van der Waals surface area (Å²) in [6.45, 7) is 0.752. The third-order valence-corrected chi connectivity index (χ3v) is 3.02. The van der Waals surface area contributed by atoms with Crippen LogP contribution in [0.3, 0.4) is 0 Å². The molecule has 20 heavy (non-hydrogen) atoms. The maximum absolute atomic E-state index is 9.38. The summed E-state index contributed by atoms with van der Waals surface area (Å²) in [5.41, 5.74) is 2.09. The summed E-state index contributed by atoms with van der Waals surface area (Å²) in [6.07, 6.45) is 3.51. The van der Waals surface area contributed by atoms with E-state index < -0.39 is 0 Å². The molecule has 4 N–H and O–H groups in total. The van der Waals surface area contributed by atoms with Gasteiger partial charge in [0, 0.05) is 12.8 Å². The molecule has 0 saturated heterocycles. The van der Waals surface area contributed by atoms with Gasteiger partial charge in [0.05, 0.1) is 0 Å². The molecule has 0 amide bonds. The summed E-state index contributed by atoms with van der Waals surface area (Å²) < 4.78 is 0. The second-order valence-corrected chi connectivity index (χ2v) is 4.60. The minimum absolute atomic E-state index is 0.0874. The van der Waals surface area contributed by atoms with Crippen LogP contribution in [0.25, 0.3) is 0 Å². The van der Waals surface area contributed by atoms with E-state index in [0.29, 0.717) is 0 Å². The van der Waals surface area contributed by atoms with Crippen LogP contribution in [0.1, 0.15) is 11.1 Å². The molecule has 0 bridgehead atoms. The Morgan fingerprint density at radius 1 is 0.850 bits per heavy atom. The number of rotatable bonds is 5. The van der Waals surface area contributed by atoms with Crippen molar-refractivity contribution in [2.45, 2.75) is 12.8 Å². The summed E-state index contributed by atoms with van der Waals surface area (Å²) in [5, 5.41) is 27.8. The first-order valence-corrected chi connectivity index (χ1v) is 6.49. The monoisotopic (exact) mass is 272 g/mol. The Kier molecular flexibility index (Phi) is 4.60. The fourth-order valence-electron chi connectivity index (χ4n) is 1.87. The van der Waals surface area contributed by atoms with Gasteiger partial charge in [-0.2, -0.15) is 0 Å². The molecule has 0 aliphatic carbocycles. The van der Waals surface area contributed by atoms with Crippen LogP contribution in [0.5, 0.6) is 17.2 Å². The zero-order chi connectivity index (χ0) is 14.4. The van der Waals surface area contributed by atoms with Crippen LogP contribution >= 0.6 is 0 Å². The van der Waals surface area contributed by atoms with Crippen molar-refractivity contribution >= 4 is 6.21 Å². The molecule has 0 aromatic heterocycles. The normalized spacial score (nSPS) is 11.0. The first-order valence-electron chi connectivity index (χ1n) is 6.49. The van der Waals surface area contributed by atoms with Crippen LogP contribution < -0.4 is 4.99 Å². The molecule has 0 aliphatic heterocycles. The van der Waals surface area contributed by atoms with Crippen molar-refractivity contribution < 1.29 is 20.3 Å². The summed E-state index contributed by atoms with van der Waals surface area (Å²) in [5.74, 6) is 0.0880. The van der Waals surface area contributed by atoms with Crippen molar-refractivity contribution in [1.29, 1.82) is 0 Å². The van der Waals surface area contributed by atoms with Crippen LogP contribution in [0, 0.1) is 0 Å². The highest BCUT2D eigenvalue weighted by molar-refractivity contribution is 5.55. The predicted molar refractivity (Wildman–Crippen MR) is 77.2 cm³/mol. The maximum atomic E-state index is 9.38. The van der Waals surface area contributed by atoms with Gasteiger partial charge >= 0.3 is 0 Å². The van der Waals surface area contributed by atoms with E-state index >= 15 is 0 Å². The smallest absolute Gasteiger partial charge is 0.157 e. The van der Waals surface area contributed by atoms with E-state index in [2.05, 4.69) is 4.99 Å². The number of aromatic hydroxyl groups is 3. The van der Waals surface area contributed by atoms with Gasteiger partial charge in [-0.05, 0) is 35.4 Å². The highest BCUT2D eigenvalue weighted by Gasteiger charge is 2.01. The average Bonchev–Trinajstić information content (AvgIpc) is 2.44. The Morgan fingerprint density at radius 3 is 2.25 bits per heavy atom. The molecule has 4 nitrogen and oxygen atoms in total. The van der Waals surface area contributed by atoms with Crippen LogP contribution in [0.2, 0.25) is 0 Å². The molecule has 4 heteroatoms. The molecule has 0 saturated carbocycles. The lowest BCUT2D eigenvalue weighted by Crippen LogP contribution is -2.69. The van der Waals surface area contributed by atoms with E-state index in [4.69, 9.17) is 0 Å². The molecule has 2 rings (SSSR count). The lowest BCUT2D eigenvalue weighted by atomic mass is 10.1. The molecular formula is C16H18NO3+. The van der Waals surface area contributed by atoms with Crippen molar-refractivity contribution in [1.82, 2.24) is 0 Å². The lowest BCUT2D eigenvalue weighted by molar-refractivity contribution is -0.452. The van der Waals surface area contributed by atoms with Gasteiger partial charge in [-0.15, -0.1) is 0 Å². The summed E-state index contributed by atoms with van der Waals surface area (Å²) in [6, 6.07) is 11.9. The standard InChI is InChI=1S/C16H17NO3/c18-14-4-1-12(2-5-14)7-9-17-10-8-13-3-6-15(19)16(20)11-13/h1-6,9,11,18-20H,7-8,10H2/p+1. The maximum Gasteiger partial charge on any atom is 0.157 e. The zero-order valence-electron chi connectivity index (χ0n) is 11.1. The fraction of sp³-hybridized carbons (Fsp3) is 0.188. The quantitative estimate of drug-likeness (QED) is 0.479. The number of phenols is 3. The van der Waals surface area contributed by atoms with Crippen LogP contribution in [0.4, 0.5) is 0 Å². The molecule has 0 fully saturated rings. The van der Waals surface area contributed by atoms with E-state index in [9.17, 15) is 15.3 Å². The third-order valence-electron chi connectivity index (χ3n) is 3.02. The van der Waals surface area contributed by atoms with Crippen LogP contribution in [-0.4, -0.2) is 28.1 Å². The molecule has 0 aliphatic rings. The van der Waals surface area contributed by atoms with E-state index in [1.165, 1.54) is 6.07 Å². The minimum Gasteiger partial charge on any atom is -0.508 e. The second kappa shape index (κ2) is 6.61. The fourth-order valence-corrected chi connectivity index (χ4v) is 1.87. The third kappa shape index (κ3) is 4.02. The van der Waals surface area contributed by atoms with Gasteiger partial charge < -0.3 is 15.3 Å². The molecule has 0 unspecified atom stereocenters. The van der Waals surface area contributed by atoms with E-state index in [0.717, 1.165) is 30.5 Å². The van der Waals surface area contributed by atoms with Gasteiger partial charge in [0.25, 0.3) is 0 Å². The van der Waals surface area contributed by atoms with E-state index in [-0.39, 0.29) is 17.2 Å². The summed E-state index contributed by atoms with van der Waals surface area (Å²) in [4.78, 5) is 3.20. The minimum atomic E-state index is -0.0967. The van der Waals surface area contributed by atoms with E-state index in [1.54, 1.807) is 24.3 Å². The van der Waals surface area contributed by atoms with E-state index in [1.807, 2.05) is 18.3 Å². The summed E-state index contributed by atoms with van der Waals surface area (Å²) >= 11 is 0. The van der Waals surface area contributed by atoms with Gasteiger partial charge in [-0.1, -0.05) is 18.2 Å². The lowest BCUT2D eigenvalue weighted by Gasteiger charge is -2.00. The van der Waals surface area contributed by atoms with Gasteiger partial charge in [-0.25, -0.2) is 0 Å². The summed E-state index contributed by atoms with van der Waals surface area (Å²) in [7, 11) is 0. The van der Waals surface area contributed by atoms with Crippen molar-refractivity contribution in [2.75, 3.05) is 6.54 Å². The molecule has 2 aromatic carbocycles. The van der Waals surface area contributed by atoms with Gasteiger partial charge in [0.15, 0.2) is 11.5 Å². The molecule has 0 radical (unpaired) electrons. The second-order valence-electron chi connectivity index (χ2n) is 4.60. The number of benzene rings is 2. The first kappa shape index (κ1) is 13.9. The highest BCUT2D eigenvalue weighted by Crippen LogP contribution is 2.24. The molecular weight excluding hydrogens is 254 g/mol. The molecule has 0 spiro atoms. The van der Waals surface area contributed by atoms with Gasteiger partial charge in [0.2, 0.25) is 0 Å². The van der Waals surface area contributed by atoms with Gasteiger partial charge in [-0.3, -0.25) is 4.99 Å². The topological polar surface area (TPSA) is 74.7 Å². The van der Waals surface area contributed by atoms with Crippen LogP contribution in [-0.2, 0) is 12.8 Å². The Labute approximate surface area is 117 Å². The number of hydrogen-bond acceptors (Lipinski definition) is 3. The Bertz CT molecular complexity index is 591. The molecule has 0 atom stereocenters. The number of hydrogen-bond donors (Lipinski definition) is 4. The first-order chi connectivity index (χ1) is 9.65. The Morgan fingerprint density at radius 2 is 1.55 bits per heavy atom. The molecule has 0 heterocycles. The number of phenolic OH excluding ortho intramolecular Hbond substituents is 3. The van der Waals surface area contributed by atoms with Crippen molar-refractivity contribution in [3.63, 3.8) is 0 Å². The van der Waals surface area contributed by atoms with Crippen molar-refractivity contribution in [3.8, 4) is 17.2 Å². The highest BCUT2D eigenvalue weighted by atomic mass is 16.3. The van der Waals surface area contributed by atoms with Crippen molar-refractivity contribution in [3.05, 3.63) is 53.6 Å². The van der Waals surface area contributed by atoms with Crippen molar-refractivity contribution in [2.24, 2.45) is 0 Å². The average molecular weight is 272 g/mol. The number of nitrogens with one attached hydrogen (secondary N) is 1.